The number of pyridine rings is 1. The number of amides is 2. The van der Waals surface area contributed by atoms with Crippen LogP contribution >= 0.6 is 0 Å². The van der Waals surface area contributed by atoms with E-state index in [0.29, 0.717) is 0 Å². The summed E-state index contributed by atoms with van der Waals surface area (Å²) in [5, 5.41) is 4.43. The molecule has 4 nitrogen and oxygen atoms in total. The van der Waals surface area contributed by atoms with Gasteiger partial charge in [0.05, 0.1) is 7.05 Å². The zero-order valence-electron chi connectivity index (χ0n) is 10.0. The van der Waals surface area contributed by atoms with Crippen LogP contribution in [0.4, 0.5) is 4.79 Å². The smallest absolute Gasteiger partial charge is 0.334 e. The molecule has 2 amide bonds. The molecule has 16 heavy (non-hydrogen) atoms. The first-order valence-electron chi connectivity index (χ1n) is 5.74. The Morgan fingerprint density at radius 3 is 2.56 bits per heavy atom. The molecular formula is C12H20N3O+. The lowest BCUT2D eigenvalue weighted by Gasteiger charge is -2.11. The molecule has 1 aromatic heterocycles. The standard InChI is InChI=1S/C12H19N3O/c1-3-4-6-9-13-12(16)14(2)15-10-7-5-8-11-15/h5,7-8,10-11H,3-4,6,9H2,1-2H3/p+1. The van der Waals surface area contributed by atoms with Crippen LogP contribution in [0.5, 0.6) is 0 Å². The number of aromatic nitrogens is 1. The van der Waals surface area contributed by atoms with E-state index in [0.717, 1.165) is 19.4 Å². The summed E-state index contributed by atoms with van der Waals surface area (Å²) in [5.41, 5.74) is 0. The second-order valence-electron chi connectivity index (χ2n) is 3.72. The number of carbonyl (C=O) groups excluding carboxylic acids is 1. The largest absolute Gasteiger partial charge is 0.370 e. The van der Waals surface area contributed by atoms with E-state index in [-0.39, 0.29) is 6.03 Å². The fourth-order valence-corrected chi connectivity index (χ4v) is 1.38. The van der Waals surface area contributed by atoms with E-state index in [2.05, 4.69) is 12.2 Å². The van der Waals surface area contributed by atoms with Crippen LogP contribution in [0, 0.1) is 0 Å². The highest BCUT2D eigenvalue weighted by molar-refractivity contribution is 5.81. The van der Waals surface area contributed by atoms with E-state index in [1.54, 1.807) is 16.7 Å². The fourth-order valence-electron chi connectivity index (χ4n) is 1.38. The number of hydrogen-bond acceptors (Lipinski definition) is 1. The monoisotopic (exact) mass is 222 g/mol. The molecule has 0 aliphatic carbocycles. The summed E-state index contributed by atoms with van der Waals surface area (Å²) >= 11 is 0. The average molecular weight is 222 g/mol. The van der Waals surface area contributed by atoms with Gasteiger partial charge in [0.25, 0.3) is 0 Å². The van der Waals surface area contributed by atoms with Crippen LogP contribution in [0.2, 0.25) is 0 Å². The van der Waals surface area contributed by atoms with Crippen LogP contribution in [0.25, 0.3) is 0 Å². The molecule has 4 heteroatoms. The van der Waals surface area contributed by atoms with Crippen LogP contribution < -0.4 is 15.0 Å². The summed E-state index contributed by atoms with van der Waals surface area (Å²) in [6, 6.07) is 5.62. The van der Waals surface area contributed by atoms with Gasteiger partial charge in [-0.15, -0.1) is 0 Å². The Morgan fingerprint density at radius 2 is 1.94 bits per heavy atom. The van der Waals surface area contributed by atoms with E-state index in [4.69, 9.17) is 0 Å². The second kappa shape index (κ2) is 6.82. The summed E-state index contributed by atoms with van der Waals surface area (Å²) in [6.07, 6.45) is 7.04. The number of rotatable bonds is 5. The zero-order chi connectivity index (χ0) is 11.8. The highest BCUT2D eigenvalue weighted by Crippen LogP contribution is 1.91. The van der Waals surface area contributed by atoms with Gasteiger partial charge < -0.3 is 5.32 Å². The maximum Gasteiger partial charge on any atom is 0.370 e. The van der Waals surface area contributed by atoms with Crippen molar-refractivity contribution >= 4 is 6.03 Å². The third-order valence-electron chi connectivity index (χ3n) is 2.40. The molecule has 1 heterocycles. The van der Waals surface area contributed by atoms with Crippen LogP contribution in [-0.4, -0.2) is 19.6 Å². The Bertz CT molecular complexity index is 313. The Kier molecular flexibility index (Phi) is 5.32. The molecule has 0 bridgehead atoms. The van der Waals surface area contributed by atoms with Crippen LogP contribution in [0.15, 0.2) is 30.6 Å². The minimum absolute atomic E-state index is 0.0766. The number of hydrogen-bond donors (Lipinski definition) is 1. The summed E-state index contributed by atoms with van der Waals surface area (Å²) in [5.74, 6) is 0. The molecule has 0 fully saturated rings. The molecule has 0 radical (unpaired) electrons. The third-order valence-corrected chi connectivity index (χ3v) is 2.40. The lowest BCUT2D eigenvalue weighted by molar-refractivity contribution is -0.679. The Labute approximate surface area is 96.9 Å². The van der Waals surface area contributed by atoms with Gasteiger partial charge in [0, 0.05) is 18.7 Å². The Morgan fingerprint density at radius 1 is 1.25 bits per heavy atom. The van der Waals surface area contributed by atoms with Gasteiger partial charge in [-0.3, -0.25) is 0 Å². The van der Waals surface area contributed by atoms with Gasteiger partial charge in [-0.25, -0.2) is 4.79 Å². The first-order valence-corrected chi connectivity index (χ1v) is 5.74. The molecule has 0 saturated heterocycles. The SMILES string of the molecule is CCCCCNC(=O)N(C)[n+]1ccccc1. The molecule has 0 saturated carbocycles. The first-order chi connectivity index (χ1) is 7.75. The quantitative estimate of drug-likeness (QED) is 0.594. The minimum atomic E-state index is -0.0766. The predicted molar refractivity (Wildman–Crippen MR) is 63.7 cm³/mol. The number of unbranched alkanes of at least 4 members (excludes halogenated alkanes) is 2. The van der Waals surface area contributed by atoms with Crippen molar-refractivity contribution in [2.45, 2.75) is 26.2 Å². The third kappa shape index (κ3) is 3.88. The highest BCUT2D eigenvalue weighted by atomic mass is 16.2. The van der Waals surface area contributed by atoms with Gasteiger partial charge in [0.15, 0.2) is 12.4 Å². The van der Waals surface area contributed by atoms with Crippen molar-refractivity contribution in [1.29, 1.82) is 0 Å². The number of carbonyl (C=O) groups is 1. The summed E-state index contributed by atoms with van der Waals surface area (Å²) < 4.78 is 1.75. The fraction of sp³-hybridized carbons (Fsp3) is 0.500. The molecule has 0 atom stereocenters. The lowest BCUT2D eigenvalue weighted by Crippen LogP contribution is -2.61. The predicted octanol–water partition coefficient (Wildman–Crippen LogP) is 1.44. The molecule has 1 aromatic rings. The molecule has 0 spiro atoms. The van der Waals surface area contributed by atoms with Crippen molar-refractivity contribution in [2.75, 3.05) is 18.6 Å². The molecule has 1 rings (SSSR count). The van der Waals surface area contributed by atoms with Crippen molar-refractivity contribution in [3.05, 3.63) is 30.6 Å². The van der Waals surface area contributed by atoms with Crippen molar-refractivity contribution < 1.29 is 9.47 Å². The van der Waals surface area contributed by atoms with Crippen LogP contribution in [-0.2, 0) is 0 Å². The molecule has 88 valence electrons. The van der Waals surface area contributed by atoms with Gasteiger partial charge in [0.2, 0.25) is 0 Å². The maximum atomic E-state index is 11.7. The summed E-state index contributed by atoms with van der Waals surface area (Å²) in [4.78, 5) is 11.7. The van der Waals surface area contributed by atoms with E-state index < -0.39 is 0 Å². The molecule has 0 aliphatic heterocycles. The first kappa shape index (κ1) is 12.5. The minimum Gasteiger partial charge on any atom is -0.334 e. The van der Waals surface area contributed by atoms with Gasteiger partial charge in [-0.05, 0) is 6.42 Å². The molecule has 0 unspecified atom stereocenters. The van der Waals surface area contributed by atoms with Crippen molar-refractivity contribution in [3.8, 4) is 0 Å². The van der Waals surface area contributed by atoms with Gasteiger partial charge in [-0.1, -0.05) is 35.5 Å². The Hall–Kier alpha value is -1.58. The van der Waals surface area contributed by atoms with Gasteiger partial charge in [-0.2, -0.15) is 0 Å². The van der Waals surface area contributed by atoms with E-state index in [1.807, 2.05) is 30.6 Å². The summed E-state index contributed by atoms with van der Waals surface area (Å²) in [7, 11) is 1.75. The van der Waals surface area contributed by atoms with Gasteiger partial charge >= 0.3 is 6.03 Å². The van der Waals surface area contributed by atoms with E-state index >= 15 is 0 Å². The second-order valence-corrected chi connectivity index (χ2v) is 3.72. The topological polar surface area (TPSA) is 36.2 Å². The summed E-state index contributed by atoms with van der Waals surface area (Å²) in [6.45, 7) is 2.89. The highest BCUT2D eigenvalue weighted by Gasteiger charge is 2.15. The van der Waals surface area contributed by atoms with E-state index in [9.17, 15) is 4.79 Å². The van der Waals surface area contributed by atoms with Crippen molar-refractivity contribution in [2.24, 2.45) is 0 Å². The zero-order valence-corrected chi connectivity index (χ0v) is 10.0. The van der Waals surface area contributed by atoms with Crippen LogP contribution in [0.1, 0.15) is 26.2 Å². The lowest BCUT2D eigenvalue weighted by atomic mass is 10.2. The van der Waals surface area contributed by atoms with Crippen molar-refractivity contribution in [3.63, 3.8) is 0 Å². The molecule has 0 aromatic carbocycles. The number of nitrogens with zero attached hydrogens (tertiary/aromatic N) is 2. The number of urea groups is 1. The average Bonchev–Trinajstić information content (AvgIpc) is 2.34. The molecule has 0 aliphatic rings. The number of nitrogens with one attached hydrogen (secondary N) is 1. The van der Waals surface area contributed by atoms with E-state index in [1.165, 1.54) is 6.42 Å². The van der Waals surface area contributed by atoms with Crippen molar-refractivity contribution in [1.82, 2.24) is 5.32 Å². The van der Waals surface area contributed by atoms with Crippen LogP contribution in [0.3, 0.4) is 0 Å². The van der Waals surface area contributed by atoms with Gasteiger partial charge in [0.1, 0.15) is 0 Å². The molecule has 1 N–H and O–H groups in total. The normalized spacial score (nSPS) is 9.88. The maximum absolute atomic E-state index is 11.7. The Balaban J connectivity index is 2.37. The molecular weight excluding hydrogens is 202 g/mol.